The van der Waals surface area contributed by atoms with Crippen LogP contribution in [0, 0.1) is 5.92 Å². The van der Waals surface area contributed by atoms with E-state index < -0.39 is 24.5 Å². The fourth-order valence-electron chi connectivity index (χ4n) is 2.50. The van der Waals surface area contributed by atoms with Crippen molar-refractivity contribution in [1.29, 1.82) is 0 Å². The van der Waals surface area contributed by atoms with Crippen LogP contribution >= 0.6 is 0 Å². The summed E-state index contributed by atoms with van der Waals surface area (Å²) in [6, 6.07) is 4.35. The average molecular weight is 301 g/mol. The van der Waals surface area contributed by atoms with Gasteiger partial charge in [-0.25, -0.2) is 0 Å². The zero-order chi connectivity index (χ0) is 15.6. The van der Waals surface area contributed by atoms with Crippen molar-refractivity contribution < 1.29 is 27.9 Å². The van der Waals surface area contributed by atoms with Crippen LogP contribution in [0.1, 0.15) is 17.5 Å². The molecule has 1 aromatic rings. The molecule has 0 radical (unpaired) electrons. The van der Waals surface area contributed by atoms with Gasteiger partial charge in [-0.05, 0) is 29.7 Å². The van der Waals surface area contributed by atoms with Crippen LogP contribution in [0.5, 0.6) is 5.75 Å². The first-order valence-electron chi connectivity index (χ1n) is 6.40. The van der Waals surface area contributed by atoms with Crippen molar-refractivity contribution in [2.24, 2.45) is 5.92 Å². The van der Waals surface area contributed by atoms with Gasteiger partial charge < -0.3 is 14.8 Å². The second-order valence-electron chi connectivity index (χ2n) is 5.07. The van der Waals surface area contributed by atoms with Crippen molar-refractivity contribution in [2.45, 2.75) is 25.6 Å². The molecule has 0 unspecified atom stereocenters. The molecule has 0 saturated carbocycles. The van der Waals surface area contributed by atoms with E-state index in [0.717, 1.165) is 0 Å². The van der Waals surface area contributed by atoms with E-state index in [0.29, 0.717) is 22.3 Å². The Morgan fingerprint density at radius 1 is 1.33 bits per heavy atom. The summed E-state index contributed by atoms with van der Waals surface area (Å²) >= 11 is 0. The molecule has 1 amide bonds. The first-order chi connectivity index (χ1) is 9.80. The van der Waals surface area contributed by atoms with Crippen LogP contribution in [0.25, 0.3) is 0 Å². The minimum atomic E-state index is -4.51. The third-order valence-corrected chi connectivity index (χ3v) is 3.43. The van der Waals surface area contributed by atoms with E-state index >= 15 is 0 Å². The Hall–Kier alpha value is -2.05. The Labute approximate surface area is 119 Å². The van der Waals surface area contributed by atoms with Crippen LogP contribution in [-0.2, 0) is 22.6 Å². The van der Waals surface area contributed by atoms with Gasteiger partial charge >= 0.3 is 6.18 Å². The van der Waals surface area contributed by atoms with Crippen molar-refractivity contribution in [3.8, 4) is 5.75 Å². The zero-order valence-electron chi connectivity index (χ0n) is 11.1. The molecule has 1 N–H and O–H groups in total. The average Bonchev–Trinajstić information content (AvgIpc) is 2.48. The lowest BCUT2D eigenvalue weighted by Crippen LogP contribution is -2.41. The lowest BCUT2D eigenvalue weighted by molar-refractivity contribution is -0.164. The van der Waals surface area contributed by atoms with Gasteiger partial charge in [0.05, 0.1) is 0 Å². The van der Waals surface area contributed by atoms with Crippen LogP contribution in [0.3, 0.4) is 0 Å². The summed E-state index contributed by atoms with van der Waals surface area (Å²) in [6.45, 7) is -1.59. The molecule has 1 aliphatic rings. The third-order valence-electron chi connectivity index (χ3n) is 3.43. The fourth-order valence-corrected chi connectivity index (χ4v) is 2.50. The van der Waals surface area contributed by atoms with Gasteiger partial charge in [0.1, 0.15) is 18.6 Å². The second kappa shape index (κ2) is 5.75. The molecule has 0 spiro atoms. The predicted molar refractivity (Wildman–Crippen MR) is 67.5 cm³/mol. The molecule has 7 heteroatoms. The zero-order valence-corrected chi connectivity index (χ0v) is 11.1. The number of carbonyl (C=O) groups excluding carboxylic acids is 2. The fraction of sp³-hybridized carbons (Fsp3) is 0.429. The number of alkyl halides is 3. The highest BCUT2D eigenvalue weighted by molar-refractivity contribution is 5.82. The highest BCUT2D eigenvalue weighted by Gasteiger charge is 2.37. The standard InChI is InChI=1S/C14H14F3NO3/c15-14(16,17)8-18-7-11-6-12(20)2-1-9(11)5-10(3-4-19)13(18)21/h1-2,4,6,10,20H,3,5,7-8H2/t10-/m1/s1. The number of rotatable bonds is 3. The number of amides is 1. The minimum Gasteiger partial charge on any atom is -0.508 e. The monoisotopic (exact) mass is 301 g/mol. The van der Waals surface area contributed by atoms with E-state index in [1.54, 1.807) is 6.07 Å². The summed E-state index contributed by atoms with van der Waals surface area (Å²) in [4.78, 5) is 23.5. The Morgan fingerprint density at radius 2 is 2.05 bits per heavy atom. The molecule has 2 rings (SSSR count). The Kier molecular flexibility index (Phi) is 4.20. The molecule has 0 fully saturated rings. The molecule has 0 aliphatic carbocycles. The first-order valence-corrected chi connectivity index (χ1v) is 6.40. The van der Waals surface area contributed by atoms with E-state index in [4.69, 9.17) is 0 Å². The van der Waals surface area contributed by atoms with Crippen LogP contribution in [0.15, 0.2) is 18.2 Å². The number of halogens is 3. The van der Waals surface area contributed by atoms with Gasteiger partial charge in [-0.1, -0.05) is 6.07 Å². The van der Waals surface area contributed by atoms with E-state index in [9.17, 15) is 27.9 Å². The number of phenols is 1. The number of fused-ring (bicyclic) bond motifs is 1. The highest BCUT2D eigenvalue weighted by atomic mass is 19.4. The molecule has 1 heterocycles. The molecule has 0 saturated heterocycles. The number of hydrogen-bond acceptors (Lipinski definition) is 3. The van der Waals surface area contributed by atoms with Crippen molar-refractivity contribution in [2.75, 3.05) is 6.54 Å². The van der Waals surface area contributed by atoms with E-state index in [1.807, 2.05) is 0 Å². The normalized spacial score (nSPS) is 19.1. The lowest BCUT2D eigenvalue weighted by Gasteiger charge is -2.24. The predicted octanol–water partition coefficient (Wildman–Crippen LogP) is 2.04. The maximum absolute atomic E-state index is 12.6. The Bertz CT molecular complexity index is 557. The van der Waals surface area contributed by atoms with E-state index in [2.05, 4.69) is 0 Å². The number of nitrogens with zero attached hydrogens (tertiary/aromatic N) is 1. The molecular weight excluding hydrogens is 287 g/mol. The summed E-state index contributed by atoms with van der Waals surface area (Å²) in [5, 5.41) is 9.45. The second-order valence-corrected chi connectivity index (χ2v) is 5.07. The Balaban J connectivity index is 2.37. The SMILES string of the molecule is O=CC[C@@H]1Cc2ccc(O)cc2CN(CC(F)(F)F)C1=O. The summed E-state index contributed by atoms with van der Waals surface area (Å²) in [5.41, 5.74) is 1.15. The molecule has 114 valence electrons. The van der Waals surface area contributed by atoms with Crippen LogP contribution < -0.4 is 0 Å². The Morgan fingerprint density at radius 3 is 2.67 bits per heavy atom. The maximum Gasteiger partial charge on any atom is 0.406 e. The maximum atomic E-state index is 12.6. The third kappa shape index (κ3) is 3.74. The summed E-state index contributed by atoms with van der Waals surface area (Å²) in [6.07, 6.45) is -3.89. The molecule has 0 bridgehead atoms. The van der Waals surface area contributed by atoms with E-state index in [-0.39, 0.29) is 25.1 Å². The van der Waals surface area contributed by atoms with E-state index in [1.165, 1.54) is 12.1 Å². The van der Waals surface area contributed by atoms with Gasteiger partial charge in [-0.15, -0.1) is 0 Å². The number of aromatic hydroxyl groups is 1. The van der Waals surface area contributed by atoms with Gasteiger partial charge in [0.25, 0.3) is 0 Å². The molecule has 4 nitrogen and oxygen atoms in total. The number of aldehydes is 1. The quantitative estimate of drug-likeness (QED) is 0.869. The van der Waals surface area contributed by atoms with Crippen LogP contribution in [0.2, 0.25) is 0 Å². The largest absolute Gasteiger partial charge is 0.508 e. The van der Waals surface area contributed by atoms with Gasteiger partial charge in [0.15, 0.2) is 0 Å². The number of phenolic OH excluding ortho intramolecular Hbond substituents is 1. The summed E-state index contributed by atoms with van der Waals surface area (Å²) in [5.74, 6) is -1.55. The summed E-state index contributed by atoms with van der Waals surface area (Å²) in [7, 11) is 0. The highest BCUT2D eigenvalue weighted by Crippen LogP contribution is 2.29. The van der Waals surface area contributed by atoms with Crippen molar-refractivity contribution in [3.05, 3.63) is 29.3 Å². The van der Waals surface area contributed by atoms with Gasteiger partial charge in [0.2, 0.25) is 5.91 Å². The van der Waals surface area contributed by atoms with Gasteiger partial charge in [-0.3, -0.25) is 4.79 Å². The molecule has 1 atom stereocenters. The molecule has 1 aliphatic heterocycles. The van der Waals surface area contributed by atoms with Crippen molar-refractivity contribution in [3.63, 3.8) is 0 Å². The van der Waals surface area contributed by atoms with Crippen molar-refractivity contribution in [1.82, 2.24) is 4.90 Å². The first kappa shape index (κ1) is 15.3. The van der Waals surface area contributed by atoms with Gasteiger partial charge in [-0.2, -0.15) is 13.2 Å². The number of benzene rings is 1. The van der Waals surface area contributed by atoms with Crippen LogP contribution in [-0.4, -0.2) is 34.9 Å². The summed E-state index contributed by atoms with van der Waals surface area (Å²) < 4.78 is 37.8. The topological polar surface area (TPSA) is 57.6 Å². The smallest absolute Gasteiger partial charge is 0.406 e. The molecule has 1 aromatic carbocycles. The molecular formula is C14H14F3NO3. The molecule has 0 aromatic heterocycles. The number of carbonyl (C=O) groups is 2. The van der Waals surface area contributed by atoms with Crippen LogP contribution in [0.4, 0.5) is 13.2 Å². The minimum absolute atomic E-state index is 0.0676. The van der Waals surface area contributed by atoms with Gasteiger partial charge in [0, 0.05) is 18.9 Å². The molecule has 21 heavy (non-hydrogen) atoms. The lowest BCUT2D eigenvalue weighted by atomic mass is 9.94. The number of hydrogen-bond donors (Lipinski definition) is 1. The van der Waals surface area contributed by atoms with Crippen molar-refractivity contribution >= 4 is 12.2 Å².